The van der Waals surface area contributed by atoms with E-state index in [2.05, 4.69) is 6.92 Å². The van der Waals surface area contributed by atoms with Crippen molar-refractivity contribution in [2.24, 2.45) is 5.92 Å². The minimum Gasteiger partial charge on any atom is -0.390 e. The summed E-state index contributed by atoms with van der Waals surface area (Å²) < 4.78 is 0. The minimum atomic E-state index is -0.384. The Morgan fingerprint density at radius 1 is 1.67 bits per heavy atom. The summed E-state index contributed by atoms with van der Waals surface area (Å²) in [6.45, 7) is 4.06. The van der Waals surface area contributed by atoms with Crippen molar-refractivity contribution in [2.75, 3.05) is 11.5 Å². The fourth-order valence-electron chi connectivity index (χ4n) is 0.965. The first kappa shape index (κ1) is 7.42. The summed E-state index contributed by atoms with van der Waals surface area (Å²) in [5.41, 5.74) is -0.384. The molecule has 1 heterocycles. The molecule has 0 aromatic heterocycles. The highest BCUT2D eigenvalue weighted by Gasteiger charge is 2.30. The molecule has 1 N–H and O–H groups in total. The smallest absolute Gasteiger partial charge is 0.0660 e. The van der Waals surface area contributed by atoms with Gasteiger partial charge in [0.1, 0.15) is 0 Å². The van der Waals surface area contributed by atoms with Gasteiger partial charge in [0, 0.05) is 0 Å². The molecule has 0 radical (unpaired) electrons. The molecule has 2 unspecified atom stereocenters. The average molecular weight is 146 g/mol. The van der Waals surface area contributed by atoms with E-state index in [0.29, 0.717) is 5.92 Å². The quantitative estimate of drug-likeness (QED) is 0.559. The molecule has 1 fully saturated rings. The lowest BCUT2D eigenvalue weighted by molar-refractivity contribution is 0.00974. The molecule has 54 valence electrons. The molecular weight excluding hydrogens is 132 g/mol. The van der Waals surface area contributed by atoms with Crippen LogP contribution in [0.3, 0.4) is 0 Å². The van der Waals surface area contributed by atoms with Crippen LogP contribution in [0.5, 0.6) is 0 Å². The molecule has 0 aromatic rings. The number of hydrogen-bond donors (Lipinski definition) is 1. The number of rotatable bonds is 0. The molecule has 0 aromatic carbocycles. The Kier molecular flexibility index (Phi) is 2.07. The largest absolute Gasteiger partial charge is 0.390 e. The van der Waals surface area contributed by atoms with Gasteiger partial charge in [-0.3, -0.25) is 0 Å². The molecule has 1 rings (SSSR count). The van der Waals surface area contributed by atoms with Gasteiger partial charge >= 0.3 is 0 Å². The van der Waals surface area contributed by atoms with Crippen molar-refractivity contribution in [2.45, 2.75) is 25.9 Å². The van der Waals surface area contributed by atoms with Gasteiger partial charge in [0.05, 0.1) is 5.60 Å². The summed E-state index contributed by atoms with van der Waals surface area (Å²) in [6.07, 6.45) is 0.957. The maximum Gasteiger partial charge on any atom is 0.0660 e. The van der Waals surface area contributed by atoms with Crippen molar-refractivity contribution in [1.82, 2.24) is 0 Å². The lowest BCUT2D eigenvalue weighted by atomic mass is 9.89. The van der Waals surface area contributed by atoms with Crippen molar-refractivity contribution < 1.29 is 5.11 Å². The predicted octanol–water partition coefficient (Wildman–Crippen LogP) is 1.51. The Bertz CT molecular complexity index is 101. The summed E-state index contributed by atoms with van der Waals surface area (Å²) in [6, 6.07) is 0. The molecule has 1 aliphatic heterocycles. The van der Waals surface area contributed by atoms with Gasteiger partial charge in [0.15, 0.2) is 0 Å². The van der Waals surface area contributed by atoms with Crippen LogP contribution in [0.2, 0.25) is 0 Å². The van der Waals surface area contributed by atoms with Crippen LogP contribution in [0.4, 0.5) is 0 Å². The molecule has 1 nitrogen and oxygen atoms in total. The van der Waals surface area contributed by atoms with Crippen LogP contribution in [0.15, 0.2) is 0 Å². The molecule has 0 bridgehead atoms. The first-order valence-corrected chi connectivity index (χ1v) is 4.58. The number of aliphatic hydroxyl groups is 1. The lowest BCUT2D eigenvalue weighted by Crippen LogP contribution is -2.37. The van der Waals surface area contributed by atoms with Crippen LogP contribution >= 0.6 is 11.8 Å². The highest BCUT2D eigenvalue weighted by atomic mass is 32.2. The standard InChI is InChI=1S/C7H14OS/c1-6-5-9-4-3-7(6,2)8/h6,8H,3-5H2,1-2H3. The van der Waals surface area contributed by atoms with E-state index < -0.39 is 0 Å². The Labute approximate surface area is 60.8 Å². The van der Waals surface area contributed by atoms with Crippen LogP contribution in [0.25, 0.3) is 0 Å². The fourth-order valence-corrected chi connectivity index (χ4v) is 2.40. The van der Waals surface area contributed by atoms with Crippen molar-refractivity contribution >= 4 is 11.8 Å². The molecule has 1 saturated heterocycles. The van der Waals surface area contributed by atoms with Crippen LogP contribution in [0.1, 0.15) is 20.3 Å². The zero-order chi connectivity index (χ0) is 6.91. The van der Waals surface area contributed by atoms with E-state index in [1.807, 2.05) is 18.7 Å². The van der Waals surface area contributed by atoms with Gasteiger partial charge in [-0.05, 0) is 30.8 Å². The monoisotopic (exact) mass is 146 g/mol. The molecule has 9 heavy (non-hydrogen) atoms. The zero-order valence-electron chi connectivity index (χ0n) is 6.05. The van der Waals surface area contributed by atoms with E-state index in [4.69, 9.17) is 0 Å². The summed E-state index contributed by atoms with van der Waals surface area (Å²) in [4.78, 5) is 0. The highest BCUT2D eigenvalue weighted by molar-refractivity contribution is 7.99. The van der Waals surface area contributed by atoms with Crippen LogP contribution in [-0.2, 0) is 0 Å². The van der Waals surface area contributed by atoms with E-state index in [1.54, 1.807) is 0 Å². The van der Waals surface area contributed by atoms with E-state index in [1.165, 1.54) is 0 Å². The van der Waals surface area contributed by atoms with Gasteiger partial charge in [-0.25, -0.2) is 0 Å². The number of thioether (sulfide) groups is 1. The van der Waals surface area contributed by atoms with Crippen LogP contribution in [0, 0.1) is 5.92 Å². The van der Waals surface area contributed by atoms with Gasteiger partial charge in [-0.2, -0.15) is 11.8 Å². The molecule has 0 saturated carbocycles. The molecule has 0 aliphatic carbocycles. The van der Waals surface area contributed by atoms with Gasteiger partial charge in [0.25, 0.3) is 0 Å². The molecule has 0 amide bonds. The summed E-state index contributed by atoms with van der Waals surface area (Å²) in [5.74, 6) is 2.71. The van der Waals surface area contributed by atoms with Crippen molar-refractivity contribution in [3.05, 3.63) is 0 Å². The third-order valence-electron chi connectivity index (χ3n) is 2.18. The zero-order valence-corrected chi connectivity index (χ0v) is 6.87. The lowest BCUT2D eigenvalue weighted by Gasteiger charge is -2.34. The van der Waals surface area contributed by atoms with Gasteiger partial charge in [-0.15, -0.1) is 0 Å². The second kappa shape index (κ2) is 2.51. The predicted molar refractivity (Wildman–Crippen MR) is 41.7 cm³/mol. The maximum absolute atomic E-state index is 9.63. The Morgan fingerprint density at radius 3 is 2.67 bits per heavy atom. The van der Waals surface area contributed by atoms with E-state index in [0.717, 1.165) is 17.9 Å². The van der Waals surface area contributed by atoms with Crippen molar-refractivity contribution in [3.63, 3.8) is 0 Å². The number of hydrogen-bond acceptors (Lipinski definition) is 2. The maximum atomic E-state index is 9.63. The van der Waals surface area contributed by atoms with Gasteiger partial charge < -0.3 is 5.11 Å². The van der Waals surface area contributed by atoms with Crippen molar-refractivity contribution in [1.29, 1.82) is 0 Å². The average Bonchev–Trinajstić information content (AvgIpc) is 1.77. The Balaban J connectivity index is 2.49. The SMILES string of the molecule is CC1CSCCC1(C)O. The minimum absolute atomic E-state index is 0.384. The highest BCUT2D eigenvalue weighted by Crippen LogP contribution is 2.31. The van der Waals surface area contributed by atoms with Gasteiger partial charge in [0.2, 0.25) is 0 Å². The van der Waals surface area contributed by atoms with Crippen LogP contribution < -0.4 is 0 Å². The fraction of sp³-hybridized carbons (Fsp3) is 1.00. The van der Waals surface area contributed by atoms with E-state index in [9.17, 15) is 5.11 Å². The first-order valence-electron chi connectivity index (χ1n) is 3.43. The van der Waals surface area contributed by atoms with E-state index >= 15 is 0 Å². The summed E-state index contributed by atoms with van der Waals surface area (Å²) >= 11 is 1.95. The van der Waals surface area contributed by atoms with Crippen LogP contribution in [-0.4, -0.2) is 22.2 Å². The summed E-state index contributed by atoms with van der Waals surface area (Å²) in [7, 11) is 0. The third kappa shape index (κ3) is 1.62. The molecule has 1 aliphatic rings. The Morgan fingerprint density at radius 2 is 2.33 bits per heavy atom. The normalized spacial score (nSPS) is 45.0. The topological polar surface area (TPSA) is 20.2 Å². The second-order valence-electron chi connectivity index (χ2n) is 3.08. The van der Waals surface area contributed by atoms with Crippen molar-refractivity contribution in [3.8, 4) is 0 Å². The molecule has 0 spiro atoms. The van der Waals surface area contributed by atoms with Gasteiger partial charge in [-0.1, -0.05) is 6.92 Å². The summed E-state index contributed by atoms with van der Waals surface area (Å²) in [5, 5.41) is 9.63. The first-order chi connectivity index (χ1) is 4.13. The molecular formula is C7H14OS. The Hall–Kier alpha value is 0.310. The molecule has 2 heteroatoms. The molecule has 2 atom stereocenters. The third-order valence-corrected chi connectivity index (χ3v) is 3.41. The van der Waals surface area contributed by atoms with E-state index in [-0.39, 0.29) is 5.60 Å². The second-order valence-corrected chi connectivity index (χ2v) is 4.23.